The van der Waals surface area contributed by atoms with E-state index in [9.17, 15) is 0 Å². The maximum Gasteiger partial charge on any atom is 3.00 e. The van der Waals surface area contributed by atoms with Gasteiger partial charge in [-0.2, -0.15) is 12.1 Å². The van der Waals surface area contributed by atoms with E-state index < -0.39 is 0 Å². The molecule has 0 N–H and O–H groups in total. The van der Waals surface area contributed by atoms with Crippen LogP contribution in [-0.4, -0.2) is 0 Å². The number of rotatable bonds is 0. The smallest absolute Gasteiger partial charge is 0.358 e. The second kappa shape index (κ2) is 9.99. The molecule has 0 aliphatic heterocycles. The topological polar surface area (TPSA) is 0 Å². The first kappa shape index (κ1) is 19.9. The fraction of sp³-hybridized carbons (Fsp3) is 0.0714. The van der Waals surface area contributed by atoms with E-state index >= 15 is 0 Å². The zero-order valence-electron chi connectivity index (χ0n) is 9.88. The van der Waals surface area contributed by atoms with Gasteiger partial charge in [0.05, 0.1) is 0 Å². The van der Waals surface area contributed by atoms with Crippen molar-refractivity contribution in [3.05, 3.63) is 70.0 Å². The molecular weight excluding hydrogens is 259 g/mol. The average molecular weight is 279 g/mol. The van der Waals surface area contributed by atoms with Gasteiger partial charge in [-0.05, 0) is 6.92 Å². The zero-order chi connectivity index (χ0) is 8.97. The molecule has 0 fully saturated rings. The van der Waals surface area contributed by atoms with Gasteiger partial charge < -0.3 is 14.9 Å². The van der Waals surface area contributed by atoms with Crippen molar-refractivity contribution in [2.45, 2.75) is 6.92 Å². The molecule has 79 valence electrons. The standard InChI is InChI=1S/C10H9.C2H4.2CH3.Zr/c1-8-4-2-5-9-6-3-7-10(8)9;1-2;;;/h2-7H,1H3;1-2H2;2*1H3;/q-1;;2*-1;+3. The van der Waals surface area contributed by atoms with Gasteiger partial charge in [-0.15, -0.1) is 42.1 Å². The second-order valence-electron chi connectivity index (χ2n) is 2.60. The van der Waals surface area contributed by atoms with Gasteiger partial charge >= 0.3 is 26.2 Å². The monoisotopic (exact) mass is 277 g/mol. The van der Waals surface area contributed by atoms with Crippen molar-refractivity contribution in [3.8, 4) is 0 Å². The fourth-order valence-electron chi connectivity index (χ4n) is 1.32. The van der Waals surface area contributed by atoms with Crippen molar-refractivity contribution in [1.82, 2.24) is 0 Å². The third-order valence-electron chi connectivity index (χ3n) is 1.90. The van der Waals surface area contributed by atoms with Crippen LogP contribution in [0.3, 0.4) is 0 Å². The van der Waals surface area contributed by atoms with E-state index in [1.54, 1.807) is 0 Å². The summed E-state index contributed by atoms with van der Waals surface area (Å²) in [4.78, 5) is 0. The number of fused-ring (bicyclic) bond motifs is 1. The maximum atomic E-state index is 3.00. The summed E-state index contributed by atoms with van der Waals surface area (Å²) in [6.45, 7) is 8.14. The molecule has 0 atom stereocenters. The first-order chi connectivity index (χ1) is 5.88. The molecule has 0 heterocycles. The molecule has 0 nitrogen and oxygen atoms in total. The summed E-state index contributed by atoms with van der Waals surface area (Å²) in [7, 11) is 0. The van der Waals surface area contributed by atoms with E-state index in [-0.39, 0.29) is 41.1 Å². The van der Waals surface area contributed by atoms with Crippen LogP contribution in [-0.2, 0) is 26.2 Å². The minimum atomic E-state index is 0. The molecule has 0 amide bonds. The molecule has 0 unspecified atom stereocenters. The molecule has 2 rings (SSSR count). The first-order valence-electron chi connectivity index (χ1n) is 3.99. The summed E-state index contributed by atoms with van der Waals surface area (Å²) < 4.78 is 0. The summed E-state index contributed by atoms with van der Waals surface area (Å²) in [5.41, 5.74) is 1.36. The number of hydrogen-bond donors (Lipinski definition) is 0. The van der Waals surface area contributed by atoms with Gasteiger partial charge in [0.25, 0.3) is 0 Å². The molecule has 1 heteroatoms. The number of hydrogen-bond acceptors (Lipinski definition) is 0. The Balaban J connectivity index is -0.000000273. The minimum Gasteiger partial charge on any atom is -0.358 e. The predicted molar refractivity (Wildman–Crippen MR) is 68.4 cm³/mol. The van der Waals surface area contributed by atoms with Gasteiger partial charge in [0, 0.05) is 0 Å². The van der Waals surface area contributed by atoms with E-state index in [0.717, 1.165) is 0 Å². The molecule has 1 radical (unpaired) electrons. The van der Waals surface area contributed by atoms with E-state index in [1.165, 1.54) is 16.3 Å². The molecule has 0 spiro atoms. The summed E-state index contributed by atoms with van der Waals surface area (Å²) in [5.74, 6) is 0. The molecule has 0 bridgehead atoms. The van der Waals surface area contributed by atoms with Gasteiger partial charge in [0.15, 0.2) is 0 Å². The molecule has 0 aliphatic rings. The Morgan fingerprint density at radius 2 is 1.67 bits per heavy atom. The van der Waals surface area contributed by atoms with Crippen molar-refractivity contribution in [3.63, 3.8) is 0 Å². The van der Waals surface area contributed by atoms with Crippen molar-refractivity contribution >= 4 is 10.8 Å². The van der Waals surface area contributed by atoms with Gasteiger partial charge in [-0.25, -0.2) is 0 Å². The zero-order valence-corrected chi connectivity index (χ0v) is 12.3. The Bertz CT molecular complexity index is 360. The van der Waals surface area contributed by atoms with Crippen LogP contribution < -0.4 is 0 Å². The third kappa shape index (κ3) is 4.66. The van der Waals surface area contributed by atoms with Crippen LogP contribution in [0.4, 0.5) is 0 Å². The molecule has 0 saturated heterocycles. The first-order valence-corrected chi connectivity index (χ1v) is 3.99. The molecule has 0 saturated carbocycles. The van der Waals surface area contributed by atoms with Crippen molar-refractivity contribution in [1.29, 1.82) is 0 Å². The quantitative estimate of drug-likeness (QED) is 0.489. The van der Waals surface area contributed by atoms with Gasteiger partial charge in [-0.1, -0.05) is 11.6 Å². The number of benzene rings is 1. The molecule has 15 heavy (non-hydrogen) atoms. The third-order valence-corrected chi connectivity index (χ3v) is 1.90. The largest absolute Gasteiger partial charge is 3.00 e. The van der Waals surface area contributed by atoms with Gasteiger partial charge in [-0.3, -0.25) is 0 Å². The summed E-state index contributed by atoms with van der Waals surface area (Å²) in [6, 6.07) is 12.8. The Morgan fingerprint density at radius 1 is 1.07 bits per heavy atom. The second-order valence-corrected chi connectivity index (χ2v) is 2.60. The summed E-state index contributed by atoms with van der Waals surface area (Å²) >= 11 is 0. The Kier molecular flexibility index (Phi) is 13.3. The Labute approximate surface area is 114 Å². The molecule has 0 aromatic heterocycles. The SMILES string of the molecule is C=C.Cc1cccc2[cH-]ccc12.[CH3-].[CH3-].[Zr+3]. The van der Waals surface area contributed by atoms with Gasteiger partial charge in [0.2, 0.25) is 0 Å². The Morgan fingerprint density at radius 3 is 2.20 bits per heavy atom. The molecule has 2 aromatic carbocycles. The van der Waals surface area contributed by atoms with Crippen LogP contribution in [0.2, 0.25) is 0 Å². The number of aryl methyl sites for hydroxylation is 1. The van der Waals surface area contributed by atoms with Crippen molar-refractivity contribution in [2.24, 2.45) is 0 Å². The molecular formula is C14H19Zr. The van der Waals surface area contributed by atoms with E-state index in [4.69, 9.17) is 0 Å². The van der Waals surface area contributed by atoms with Crippen LogP contribution in [0.15, 0.2) is 49.6 Å². The van der Waals surface area contributed by atoms with E-state index in [0.29, 0.717) is 0 Å². The van der Waals surface area contributed by atoms with Crippen molar-refractivity contribution in [2.75, 3.05) is 0 Å². The van der Waals surface area contributed by atoms with Crippen LogP contribution in [0, 0.1) is 21.8 Å². The Hall–Kier alpha value is -0.547. The fourth-order valence-corrected chi connectivity index (χ4v) is 1.32. The minimum absolute atomic E-state index is 0. The van der Waals surface area contributed by atoms with Crippen LogP contribution in [0.5, 0.6) is 0 Å². The molecule has 0 aliphatic carbocycles. The maximum absolute atomic E-state index is 3.00. The summed E-state index contributed by atoms with van der Waals surface area (Å²) in [6.07, 6.45) is 0. The van der Waals surface area contributed by atoms with E-state index in [1.807, 2.05) is 0 Å². The normalized spacial score (nSPS) is 7.27. The van der Waals surface area contributed by atoms with Crippen LogP contribution in [0.25, 0.3) is 10.8 Å². The van der Waals surface area contributed by atoms with Crippen LogP contribution >= 0.6 is 0 Å². The van der Waals surface area contributed by atoms with Gasteiger partial charge in [0.1, 0.15) is 0 Å². The van der Waals surface area contributed by atoms with E-state index in [2.05, 4.69) is 56.5 Å². The molecule has 2 aromatic rings. The average Bonchev–Trinajstić information content (AvgIpc) is 2.57. The van der Waals surface area contributed by atoms with Crippen LogP contribution in [0.1, 0.15) is 5.56 Å². The van der Waals surface area contributed by atoms with Crippen molar-refractivity contribution < 1.29 is 26.2 Å². The predicted octanol–water partition coefficient (Wildman–Crippen LogP) is 4.57. The summed E-state index contributed by atoms with van der Waals surface area (Å²) in [5, 5.41) is 2.72.